The summed E-state index contributed by atoms with van der Waals surface area (Å²) in [6.45, 7) is 2.21. The Bertz CT molecular complexity index is 246. The second-order valence-electron chi connectivity index (χ2n) is 2.97. The number of hydrogen-bond acceptors (Lipinski definition) is 3. The van der Waals surface area contributed by atoms with Crippen molar-refractivity contribution in [3.8, 4) is 0 Å². The van der Waals surface area contributed by atoms with E-state index in [2.05, 4.69) is 19.1 Å². The van der Waals surface area contributed by atoms with Gasteiger partial charge in [-0.3, -0.25) is 0 Å². The van der Waals surface area contributed by atoms with Gasteiger partial charge in [-0.05, 0) is 47.9 Å². The second kappa shape index (κ2) is 7.07. The van der Waals surface area contributed by atoms with E-state index in [1.807, 2.05) is 35.7 Å². The fourth-order valence-electron chi connectivity index (χ4n) is 1.06. The summed E-state index contributed by atoms with van der Waals surface area (Å²) in [6, 6.07) is 8.10. The lowest BCUT2D eigenvalue weighted by Crippen LogP contribution is -1.86. The van der Waals surface area contributed by atoms with Gasteiger partial charge in [0, 0.05) is 10.6 Å². The van der Waals surface area contributed by atoms with E-state index in [9.17, 15) is 0 Å². The van der Waals surface area contributed by atoms with Gasteiger partial charge >= 0.3 is 0 Å². The van der Waals surface area contributed by atoms with Crippen molar-refractivity contribution in [2.24, 2.45) is 0 Å². The number of anilines is 1. The molecule has 0 saturated heterocycles. The van der Waals surface area contributed by atoms with Crippen LogP contribution in [-0.4, -0.2) is 17.3 Å². The molecule has 0 fully saturated rings. The van der Waals surface area contributed by atoms with Crippen LogP contribution in [0.2, 0.25) is 0 Å². The van der Waals surface area contributed by atoms with Gasteiger partial charge in [-0.1, -0.05) is 6.92 Å². The van der Waals surface area contributed by atoms with E-state index in [1.54, 1.807) is 0 Å². The van der Waals surface area contributed by atoms with Crippen LogP contribution < -0.4 is 5.73 Å². The Morgan fingerprint density at radius 2 is 1.86 bits per heavy atom. The summed E-state index contributed by atoms with van der Waals surface area (Å²) in [7, 11) is 0. The van der Waals surface area contributed by atoms with Gasteiger partial charge in [0.05, 0.1) is 0 Å². The van der Waals surface area contributed by atoms with Crippen LogP contribution in [0.4, 0.5) is 5.69 Å². The first-order chi connectivity index (χ1) is 6.83. The standard InChI is InChI=1S/C11H17NS2/c1-2-13-8-3-9-14-11-6-4-10(12)5-7-11/h4-7H,2-3,8-9,12H2,1H3. The normalized spacial score (nSPS) is 10.4. The number of benzene rings is 1. The highest BCUT2D eigenvalue weighted by molar-refractivity contribution is 8.00. The molecule has 1 aromatic rings. The predicted molar refractivity (Wildman–Crippen MR) is 69.2 cm³/mol. The molecule has 1 rings (SSSR count). The molecule has 2 N–H and O–H groups in total. The first kappa shape index (κ1) is 11.8. The Hall–Kier alpha value is -0.280. The zero-order valence-electron chi connectivity index (χ0n) is 8.53. The molecule has 78 valence electrons. The smallest absolute Gasteiger partial charge is 0.0314 e. The van der Waals surface area contributed by atoms with Gasteiger partial charge in [-0.25, -0.2) is 0 Å². The van der Waals surface area contributed by atoms with Crippen molar-refractivity contribution in [2.75, 3.05) is 23.0 Å². The zero-order chi connectivity index (χ0) is 10.2. The van der Waals surface area contributed by atoms with E-state index in [4.69, 9.17) is 5.73 Å². The second-order valence-corrected chi connectivity index (χ2v) is 5.53. The fraction of sp³-hybridized carbons (Fsp3) is 0.455. The average molecular weight is 227 g/mol. The topological polar surface area (TPSA) is 26.0 Å². The van der Waals surface area contributed by atoms with E-state index in [1.165, 1.54) is 28.6 Å². The van der Waals surface area contributed by atoms with Crippen molar-refractivity contribution in [3.63, 3.8) is 0 Å². The molecular weight excluding hydrogens is 210 g/mol. The lowest BCUT2D eigenvalue weighted by Gasteiger charge is -2.01. The molecule has 0 amide bonds. The monoisotopic (exact) mass is 227 g/mol. The molecule has 1 nitrogen and oxygen atoms in total. The minimum absolute atomic E-state index is 0.843. The SMILES string of the molecule is CCSCCCSc1ccc(N)cc1. The lowest BCUT2D eigenvalue weighted by molar-refractivity contribution is 1.12. The van der Waals surface area contributed by atoms with Gasteiger partial charge in [0.1, 0.15) is 0 Å². The molecular formula is C11H17NS2. The third-order valence-corrected chi connectivity index (χ3v) is 3.87. The Balaban J connectivity index is 2.15. The molecule has 3 heteroatoms. The predicted octanol–water partition coefficient (Wildman–Crippen LogP) is 3.50. The number of nitrogens with two attached hydrogens (primary N) is 1. The van der Waals surface area contributed by atoms with Crippen molar-refractivity contribution in [2.45, 2.75) is 18.2 Å². The molecule has 0 radical (unpaired) electrons. The van der Waals surface area contributed by atoms with Crippen LogP contribution in [-0.2, 0) is 0 Å². The van der Waals surface area contributed by atoms with Crippen molar-refractivity contribution in [1.29, 1.82) is 0 Å². The summed E-state index contributed by atoms with van der Waals surface area (Å²) in [4.78, 5) is 1.32. The van der Waals surface area contributed by atoms with E-state index in [0.29, 0.717) is 0 Å². The Kier molecular flexibility index (Phi) is 5.96. The van der Waals surface area contributed by atoms with Gasteiger partial charge < -0.3 is 5.73 Å². The Morgan fingerprint density at radius 3 is 2.50 bits per heavy atom. The molecule has 0 bridgehead atoms. The quantitative estimate of drug-likeness (QED) is 0.457. The maximum atomic E-state index is 5.61. The van der Waals surface area contributed by atoms with E-state index in [0.717, 1.165) is 5.69 Å². The molecule has 1 aromatic carbocycles. The van der Waals surface area contributed by atoms with Crippen LogP contribution >= 0.6 is 23.5 Å². The highest BCUT2D eigenvalue weighted by atomic mass is 32.2. The van der Waals surface area contributed by atoms with Crippen LogP contribution in [0.5, 0.6) is 0 Å². The van der Waals surface area contributed by atoms with Crippen molar-refractivity contribution in [3.05, 3.63) is 24.3 Å². The number of hydrogen-bond donors (Lipinski definition) is 1. The van der Waals surface area contributed by atoms with Gasteiger partial charge in [0.15, 0.2) is 0 Å². The molecule has 14 heavy (non-hydrogen) atoms. The summed E-state index contributed by atoms with van der Waals surface area (Å²) in [5, 5.41) is 0. The highest BCUT2D eigenvalue weighted by Crippen LogP contribution is 2.20. The van der Waals surface area contributed by atoms with Crippen LogP contribution in [0, 0.1) is 0 Å². The molecule has 0 saturated carbocycles. The van der Waals surface area contributed by atoms with Crippen LogP contribution in [0.15, 0.2) is 29.2 Å². The van der Waals surface area contributed by atoms with Crippen molar-refractivity contribution >= 4 is 29.2 Å². The average Bonchev–Trinajstić information content (AvgIpc) is 2.21. The van der Waals surface area contributed by atoms with Crippen LogP contribution in [0.25, 0.3) is 0 Å². The molecule has 0 unspecified atom stereocenters. The number of rotatable bonds is 6. The largest absolute Gasteiger partial charge is 0.399 e. The minimum atomic E-state index is 0.843. The van der Waals surface area contributed by atoms with E-state index in [-0.39, 0.29) is 0 Å². The highest BCUT2D eigenvalue weighted by Gasteiger charge is 1.93. The lowest BCUT2D eigenvalue weighted by atomic mass is 10.3. The Labute approximate surface area is 94.8 Å². The fourth-order valence-corrected chi connectivity index (χ4v) is 2.73. The molecule has 0 aliphatic heterocycles. The first-order valence-corrected chi connectivity index (χ1v) is 7.03. The van der Waals surface area contributed by atoms with Crippen LogP contribution in [0.3, 0.4) is 0 Å². The molecule has 0 aliphatic rings. The van der Waals surface area contributed by atoms with Crippen LogP contribution in [0.1, 0.15) is 13.3 Å². The van der Waals surface area contributed by atoms with Gasteiger partial charge in [0.2, 0.25) is 0 Å². The third kappa shape index (κ3) is 4.82. The van der Waals surface area contributed by atoms with Gasteiger partial charge in [0.25, 0.3) is 0 Å². The van der Waals surface area contributed by atoms with E-state index < -0.39 is 0 Å². The summed E-state index contributed by atoms with van der Waals surface area (Å²) in [5.41, 5.74) is 6.45. The summed E-state index contributed by atoms with van der Waals surface area (Å²) < 4.78 is 0. The van der Waals surface area contributed by atoms with Crippen molar-refractivity contribution < 1.29 is 0 Å². The molecule has 0 aliphatic carbocycles. The maximum absolute atomic E-state index is 5.61. The summed E-state index contributed by atoms with van der Waals surface area (Å²) in [6.07, 6.45) is 1.29. The molecule has 0 heterocycles. The molecule has 0 spiro atoms. The minimum Gasteiger partial charge on any atom is -0.399 e. The Morgan fingerprint density at radius 1 is 1.14 bits per heavy atom. The number of thioether (sulfide) groups is 2. The van der Waals surface area contributed by atoms with E-state index >= 15 is 0 Å². The third-order valence-electron chi connectivity index (χ3n) is 1.79. The van der Waals surface area contributed by atoms with Gasteiger partial charge in [-0.15, -0.1) is 11.8 Å². The summed E-state index contributed by atoms with van der Waals surface area (Å²) >= 11 is 3.92. The first-order valence-electron chi connectivity index (χ1n) is 4.89. The zero-order valence-corrected chi connectivity index (χ0v) is 10.2. The maximum Gasteiger partial charge on any atom is 0.0314 e. The van der Waals surface area contributed by atoms with Gasteiger partial charge in [-0.2, -0.15) is 11.8 Å². The summed E-state index contributed by atoms with van der Waals surface area (Å²) in [5.74, 6) is 3.71. The molecule has 0 atom stereocenters. The molecule has 0 aromatic heterocycles. The number of nitrogen functional groups attached to an aromatic ring is 1. The van der Waals surface area contributed by atoms with Crippen molar-refractivity contribution in [1.82, 2.24) is 0 Å².